The Bertz CT molecular complexity index is 307. The van der Waals surface area contributed by atoms with E-state index in [-0.39, 0.29) is 16.9 Å². The molecule has 1 aliphatic carbocycles. The number of amides is 2. The molecule has 0 bridgehead atoms. The van der Waals surface area contributed by atoms with Crippen molar-refractivity contribution in [2.75, 3.05) is 12.9 Å². The van der Waals surface area contributed by atoms with Crippen molar-refractivity contribution in [3.05, 3.63) is 0 Å². The number of rotatable bonds is 2. The van der Waals surface area contributed by atoms with Crippen LogP contribution >= 0.6 is 11.8 Å². The van der Waals surface area contributed by atoms with Gasteiger partial charge in [-0.15, -0.1) is 0 Å². The summed E-state index contributed by atoms with van der Waals surface area (Å²) in [4.78, 5) is 35.2. The van der Waals surface area contributed by atoms with Crippen molar-refractivity contribution in [2.24, 2.45) is 0 Å². The molecule has 1 saturated carbocycles. The molecule has 2 aliphatic rings. The number of carbonyl (C=O) groups is 3. The van der Waals surface area contributed by atoms with Crippen LogP contribution in [0.15, 0.2) is 0 Å². The molecular weight excluding hydrogens is 206 g/mol. The molecule has 0 unspecified atom stereocenters. The SMILES string of the molecule is COC(=O)C1(N2C(=O)CSC2=O)CC1. The van der Waals surface area contributed by atoms with E-state index in [1.165, 1.54) is 7.11 Å². The zero-order chi connectivity index (χ0) is 10.3. The van der Waals surface area contributed by atoms with Crippen LogP contribution in [0, 0.1) is 0 Å². The van der Waals surface area contributed by atoms with Gasteiger partial charge in [-0.25, -0.2) is 4.79 Å². The number of hydrogen-bond acceptors (Lipinski definition) is 5. The summed E-state index contributed by atoms with van der Waals surface area (Å²) in [5.74, 6) is -0.637. The summed E-state index contributed by atoms with van der Waals surface area (Å²) >= 11 is 0.938. The highest BCUT2D eigenvalue weighted by Gasteiger charge is 2.61. The quantitative estimate of drug-likeness (QED) is 0.623. The molecule has 0 N–H and O–H groups in total. The highest BCUT2D eigenvalue weighted by molar-refractivity contribution is 8.14. The van der Waals surface area contributed by atoms with Crippen LogP contribution in [-0.2, 0) is 14.3 Å². The lowest BCUT2D eigenvalue weighted by Gasteiger charge is -2.22. The van der Waals surface area contributed by atoms with Crippen molar-refractivity contribution < 1.29 is 19.1 Å². The number of carbonyl (C=O) groups excluding carboxylic acids is 3. The van der Waals surface area contributed by atoms with Gasteiger partial charge in [0.1, 0.15) is 5.54 Å². The minimum absolute atomic E-state index is 0.136. The first-order valence-corrected chi connectivity index (χ1v) is 5.18. The third-order valence-corrected chi connectivity index (χ3v) is 3.29. The zero-order valence-electron chi connectivity index (χ0n) is 7.61. The third-order valence-electron chi connectivity index (χ3n) is 2.47. The van der Waals surface area contributed by atoms with E-state index in [9.17, 15) is 14.4 Å². The summed E-state index contributed by atoms with van der Waals surface area (Å²) in [7, 11) is 1.26. The highest BCUT2D eigenvalue weighted by atomic mass is 32.2. The number of methoxy groups -OCH3 is 1. The molecule has 5 nitrogen and oxygen atoms in total. The van der Waals surface area contributed by atoms with Gasteiger partial charge >= 0.3 is 5.97 Å². The molecule has 1 aliphatic heterocycles. The van der Waals surface area contributed by atoms with Gasteiger partial charge in [-0.3, -0.25) is 14.5 Å². The predicted molar refractivity (Wildman–Crippen MR) is 48.7 cm³/mol. The molecule has 0 aromatic carbocycles. The Kier molecular flexibility index (Phi) is 2.02. The second-order valence-corrected chi connectivity index (χ2v) is 4.23. The van der Waals surface area contributed by atoms with E-state index in [4.69, 9.17) is 0 Å². The molecule has 1 saturated heterocycles. The first kappa shape index (κ1) is 9.51. The molecule has 76 valence electrons. The Balaban J connectivity index is 2.26. The summed E-state index contributed by atoms with van der Waals surface area (Å²) in [5.41, 5.74) is -0.966. The maximum Gasteiger partial charge on any atom is 0.332 e. The molecule has 6 heteroatoms. The average Bonchev–Trinajstić information content (AvgIpc) is 2.89. The second kappa shape index (κ2) is 2.98. The fourth-order valence-corrected chi connectivity index (χ4v) is 2.38. The molecule has 0 aromatic rings. The number of nitrogens with zero attached hydrogens (tertiary/aromatic N) is 1. The summed E-state index contributed by atoms with van der Waals surface area (Å²) in [6, 6.07) is 0. The van der Waals surface area contributed by atoms with Gasteiger partial charge in [-0.1, -0.05) is 11.8 Å². The summed E-state index contributed by atoms with van der Waals surface area (Å²) in [5, 5.41) is -0.335. The number of thioether (sulfide) groups is 1. The fourth-order valence-electron chi connectivity index (χ4n) is 1.60. The van der Waals surface area contributed by atoms with Crippen molar-refractivity contribution in [1.82, 2.24) is 4.90 Å². The first-order chi connectivity index (χ1) is 6.62. The lowest BCUT2D eigenvalue weighted by molar-refractivity contribution is -0.151. The Morgan fingerprint density at radius 2 is 2.14 bits per heavy atom. The lowest BCUT2D eigenvalue weighted by Crippen LogP contribution is -2.47. The van der Waals surface area contributed by atoms with Crippen molar-refractivity contribution in [3.63, 3.8) is 0 Å². The first-order valence-electron chi connectivity index (χ1n) is 4.20. The standard InChI is InChI=1S/C8H9NO4S/c1-13-6(11)8(2-3-8)9-5(10)4-14-7(9)12/h2-4H2,1H3. The minimum Gasteiger partial charge on any atom is -0.467 e. The molecule has 2 fully saturated rings. The monoisotopic (exact) mass is 215 g/mol. The molecule has 2 amide bonds. The van der Waals surface area contributed by atoms with Crippen LogP contribution in [0.3, 0.4) is 0 Å². The Labute approximate surface area is 84.8 Å². The third kappa shape index (κ3) is 1.13. The van der Waals surface area contributed by atoms with Gasteiger partial charge in [0.2, 0.25) is 5.91 Å². The van der Waals surface area contributed by atoms with Crippen molar-refractivity contribution in [2.45, 2.75) is 18.4 Å². The van der Waals surface area contributed by atoms with E-state index >= 15 is 0 Å². The van der Waals surface area contributed by atoms with E-state index in [0.29, 0.717) is 12.8 Å². The molecule has 0 aromatic heterocycles. The van der Waals surface area contributed by atoms with Gasteiger partial charge in [0, 0.05) is 0 Å². The molecule has 0 atom stereocenters. The molecular formula is C8H9NO4S. The summed E-state index contributed by atoms with van der Waals surface area (Å²) in [6.07, 6.45) is 1.05. The van der Waals surface area contributed by atoms with Crippen LogP contribution in [-0.4, -0.2) is 40.4 Å². The summed E-state index contributed by atoms with van der Waals surface area (Å²) in [6.45, 7) is 0. The Hall–Kier alpha value is -1.04. The lowest BCUT2D eigenvalue weighted by atomic mass is 10.2. The van der Waals surface area contributed by atoms with E-state index in [0.717, 1.165) is 16.7 Å². The van der Waals surface area contributed by atoms with Gasteiger partial charge in [-0.2, -0.15) is 0 Å². The van der Waals surface area contributed by atoms with Gasteiger partial charge in [0.15, 0.2) is 0 Å². The zero-order valence-corrected chi connectivity index (χ0v) is 8.43. The Morgan fingerprint density at radius 3 is 2.50 bits per heavy atom. The van der Waals surface area contributed by atoms with Crippen molar-refractivity contribution >= 4 is 28.9 Å². The van der Waals surface area contributed by atoms with E-state index in [2.05, 4.69) is 4.74 Å². The van der Waals surface area contributed by atoms with Crippen molar-refractivity contribution in [3.8, 4) is 0 Å². The van der Waals surface area contributed by atoms with Crippen LogP contribution in [0.2, 0.25) is 0 Å². The molecule has 0 radical (unpaired) electrons. The number of esters is 1. The normalized spacial score (nSPS) is 23.9. The van der Waals surface area contributed by atoms with Crippen LogP contribution in [0.1, 0.15) is 12.8 Å². The molecule has 14 heavy (non-hydrogen) atoms. The van der Waals surface area contributed by atoms with Crippen LogP contribution < -0.4 is 0 Å². The Morgan fingerprint density at radius 1 is 1.50 bits per heavy atom. The van der Waals surface area contributed by atoms with Gasteiger partial charge in [0.25, 0.3) is 5.24 Å². The minimum atomic E-state index is -0.966. The average molecular weight is 215 g/mol. The molecule has 2 rings (SSSR count). The van der Waals surface area contributed by atoms with Crippen LogP contribution in [0.25, 0.3) is 0 Å². The highest BCUT2D eigenvalue weighted by Crippen LogP contribution is 2.46. The second-order valence-electron chi connectivity index (χ2n) is 3.31. The molecule has 0 spiro atoms. The smallest absolute Gasteiger partial charge is 0.332 e. The maximum atomic E-state index is 11.4. The van der Waals surface area contributed by atoms with Crippen molar-refractivity contribution in [1.29, 1.82) is 0 Å². The van der Waals surface area contributed by atoms with Gasteiger partial charge in [-0.05, 0) is 12.8 Å². The number of imide groups is 1. The fraction of sp³-hybridized carbons (Fsp3) is 0.625. The summed E-state index contributed by atoms with van der Waals surface area (Å²) < 4.78 is 4.59. The van der Waals surface area contributed by atoms with Gasteiger partial charge in [0.05, 0.1) is 12.9 Å². The molecule has 1 heterocycles. The van der Waals surface area contributed by atoms with E-state index in [1.807, 2.05) is 0 Å². The van der Waals surface area contributed by atoms with Crippen LogP contribution in [0.4, 0.5) is 4.79 Å². The topological polar surface area (TPSA) is 63.7 Å². The predicted octanol–water partition coefficient (Wildman–Crippen LogP) is 0.387. The number of ether oxygens (including phenoxy) is 1. The van der Waals surface area contributed by atoms with E-state index in [1.54, 1.807) is 0 Å². The van der Waals surface area contributed by atoms with Crippen LogP contribution in [0.5, 0.6) is 0 Å². The number of hydrogen-bond donors (Lipinski definition) is 0. The van der Waals surface area contributed by atoms with E-state index < -0.39 is 11.5 Å². The maximum absolute atomic E-state index is 11.4. The largest absolute Gasteiger partial charge is 0.467 e. The van der Waals surface area contributed by atoms with Gasteiger partial charge < -0.3 is 4.74 Å².